The van der Waals surface area contributed by atoms with Crippen LogP contribution in [0, 0.1) is 17.7 Å². The zero-order valence-corrected chi connectivity index (χ0v) is 25.5. The number of nitrogens with zero attached hydrogens (tertiary/aromatic N) is 5. The van der Waals surface area contributed by atoms with Crippen LogP contribution in [0.5, 0.6) is 0 Å². The fraction of sp³-hybridized carbons (Fsp3) is 0.394. The van der Waals surface area contributed by atoms with Crippen LogP contribution in [0.4, 0.5) is 15.9 Å². The Balaban J connectivity index is 1.17. The van der Waals surface area contributed by atoms with E-state index in [0.29, 0.717) is 67.2 Å². The summed E-state index contributed by atoms with van der Waals surface area (Å²) >= 11 is 0. The van der Waals surface area contributed by atoms with Crippen LogP contribution in [0.25, 0.3) is 22.5 Å². The van der Waals surface area contributed by atoms with Gasteiger partial charge < -0.3 is 26.0 Å². The van der Waals surface area contributed by atoms with Crippen LogP contribution in [-0.2, 0) is 20.7 Å². The number of nitrogens with one attached hydrogen (secondary N) is 3. The highest BCUT2D eigenvalue weighted by atomic mass is 19.1. The summed E-state index contributed by atoms with van der Waals surface area (Å²) in [4.78, 5) is 33.2. The van der Waals surface area contributed by atoms with Gasteiger partial charge in [-0.3, -0.25) is 9.59 Å². The molecule has 0 spiro atoms. The van der Waals surface area contributed by atoms with Crippen LogP contribution in [-0.4, -0.2) is 76.3 Å². The van der Waals surface area contributed by atoms with Crippen molar-refractivity contribution >= 4 is 23.3 Å². The first-order valence-electron chi connectivity index (χ1n) is 15.7. The maximum Gasteiger partial charge on any atom is 0.247 e. The van der Waals surface area contributed by atoms with E-state index in [2.05, 4.69) is 36.2 Å². The minimum absolute atomic E-state index is 0.130. The van der Waals surface area contributed by atoms with Crippen molar-refractivity contribution in [2.45, 2.75) is 38.1 Å². The number of tetrazole rings is 1. The van der Waals surface area contributed by atoms with Gasteiger partial charge >= 0.3 is 0 Å². The smallest absolute Gasteiger partial charge is 0.247 e. The van der Waals surface area contributed by atoms with E-state index in [4.69, 9.17) is 10.5 Å². The van der Waals surface area contributed by atoms with Gasteiger partial charge in [0.05, 0.1) is 13.2 Å². The fourth-order valence-corrected chi connectivity index (χ4v) is 6.08. The number of anilines is 2. The molecular weight excluding hydrogens is 589 g/mol. The first kappa shape index (κ1) is 31.2. The number of nitrogens with two attached hydrogens (primary N) is 1. The average Bonchev–Trinajstić information content (AvgIpc) is 3.65. The van der Waals surface area contributed by atoms with Gasteiger partial charge in [-0.05, 0) is 84.8 Å². The van der Waals surface area contributed by atoms with Gasteiger partial charge in [-0.1, -0.05) is 24.3 Å². The third kappa shape index (κ3) is 7.37. The molecule has 12 nitrogen and oxygen atoms in total. The van der Waals surface area contributed by atoms with E-state index in [0.717, 1.165) is 36.8 Å². The molecule has 2 aromatic heterocycles. The second kappa shape index (κ2) is 14.6. The predicted molar refractivity (Wildman–Crippen MR) is 171 cm³/mol. The molecule has 4 aromatic rings. The Morgan fingerprint density at radius 3 is 2.39 bits per heavy atom. The summed E-state index contributed by atoms with van der Waals surface area (Å²) in [5, 5.41) is 19.9. The summed E-state index contributed by atoms with van der Waals surface area (Å²) in [7, 11) is 0. The molecule has 6 rings (SSSR count). The number of benzene rings is 2. The van der Waals surface area contributed by atoms with E-state index in [1.807, 2.05) is 29.2 Å². The summed E-state index contributed by atoms with van der Waals surface area (Å²) in [5.74, 6) is 0.188. The number of aromatic nitrogens is 5. The van der Waals surface area contributed by atoms with Crippen LogP contribution in [0.2, 0.25) is 0 Å². The maximum absolute atomic E-state index is 15.6. The van der Waals surface area contributed by atoms with Crippen molar-refractivity contribution in [1.82, 2.24) is 30.9 Å². The number of hydrogen-bond acceptors (Lipinski definition) is 9. The quantitative estimate of drug-likeness (QED) is 0.206. The third-order valence-corrected chi connectivity index (χ3v) is 8.83. The standard InChI is InChI=1S/C33H38FN9O3/c34-29-27(13-14-36-31(29)43-15-17-46-18-16-43)23-5-1-21(2-6-23)19-28(38-32(44)25-7-3-22(20-35)4-8-25)33(45)37-26-11-9-24(10-12-26)30-39-41-42-40-30/h1-2,5-6,9-14,22,25,28H,3-4,7-8,15-20,35H2,(H,37,45)(H,38,44)(H,39,40,41,42)/t22?,25?,28-/m0/s1. The highest BCUT2D eigenvalue weighted by Crippen LogP contribution is 2.30. The predicted octanol–water partition coefficient (Wildman–Crippen LogP) is 3.34. The molecule has 2 aromatic carbocycles. The topological polar surface area (TPSA) is 164 Å². The summed E-state index contributed by atoms with van der Waals surface area (Å²) < 4.78 is 21.0. The third-order valence-electron chi connectivity index (χ3n) is 8.83. The molecule has 1 aliphatic heterocycles. The minimum atomic E-state index is -0.826. The normalized spacial score (nSPS) is 19.0. The molecule has 5 N–H and O–H groups in total. The Hall–Kier alpha value is -4.75. The number of rotatable bonds is 10. The largest absolute Gasteiger partial charge is 0.378 e. The van der Waals surface area contributed by atoms with Crippen molar-refractivity contribution in [3.05, 3.63) is 72.2 Å². The minimum Gasteiger partial charge on any atom is -0.378 e. The number of halogens is 1. The van der Waals surface area contributed by atoms with Gasteiger partial charge in [0.15, 0.2) is 11.6 Å². The van der Waals surface area contributed by atoms with E-state index in [1.54, 1.807) is 36.5 Å². The summed E-state index contributed by atoms with van der Waals surface area (Å²) in [6.07, 6.45) is 5.17. The second-order valence-corrected chi connectivity index (χ2v) is 11.8. The van der Waals surface area contributed by atoms with Crippen LogP contribution in [0.15, 0.2) is 60.8 Å². The molecule has 1 aliphatic carbocycles. The molecule has 1 saturated carbocycles. The van der Waals surface area contributed by atoms with E-state index < -0.39 is 6.04 Å². The number of carbonyl (C=O) groups excluding carboxylic acids is 2. The van der Waals surface area contributed by atoms with E-state index >= 15 is 4.39 Å². The molecule has 1 saturated heterocycles. The Bertz CT molecular complexity index is 1600. The van der Waals surface area contributed by atoms with Crippen molar-refractivity contribution in [3.63, 3.8) is 0 Å². The molecule has 1 atom stereocenters. The molecule has 46 heavy (non-hydrogen) atoms. The van der Waals surface area contributed by atoms with Crippen LogP contribution >= 0.6 is 0 Å². The van der Waals surface area contributed by atoms with E-state index in [1.165, 1.54) is 0 Å². The van der Waals surface area contributed by atoms with Gasteiger partial charge in [0, 0.05) is 48.4 Å². The number of H-pyrrole nitrogens is 1. The Labute approximate surface area is 266 Å². The first-order valence-corrected chi connectivity index (χ1v) is 15.7. The highest BCUT2D eigenvalue weighted by Gasteiger charge is 2.29. The van der Waals surface area contributed by atoms with Crippen molar-refractivity contribution in [3.8, 4) is 22.5 Å². The van der Waals surface area contributed by atoms with Gasteiger partial charge in [-0.2, -0.15) is 5.21 Å². The lowest BCUT2D eigenvalue weighted by atomic mass is 9.81. The molecule has 2 amide bonds. The molecule has 0 radical (unpaired) electrons. The number of amides is 2. The number of ether oxygens (including phenoxy) is 1. The van der Waals surface area contributed by atoms with E-state index in [-0.39, 0.29) is 30.0 Å². The van der Waals surface area contributed by atoms with Gasteiger partial charge in [0.25, 0.3) is 0 Å². The number of morpholine rings is 1. The summed E-state index contributed by atoms with van der Waals surface area (Å²) in [6, 6.07) is 15.3. The Morgan fingerprint density at radius 2 is 1.72 bits per heavy atom. The van der Waals surface area contributed by atoms with Gasteiger partial charge in [-0.15, -0.1) is 10.2 Å². The summed E-state index contributed by atoms with van der Waals surface area (Å²) in [6.45, 7) is 2.86. The number of aromatic amines is 1. The fourth-order valence-electron chi connectivity index (χ4n) is 6.08. The molecule has 3 heterocycles. The lowest BCUT2D eigenvalue weighted by Gasteiger charge is -2.28. The lowest BCUT2D eigenvalue weighted by molar-refractivity contribution is -0.130. The summed E-state index contributed by atoms with van der Waals surface area (Å²) in [5.41, 5.74) is 9.12. The van der Waals surface area contributed by atoms with Gasteiger partial charge in [-0.25, -0.2) is 9.37 Å². The molecule has 13 heteroatoms. The maximum atomic E-state index is 15.6. The molecular formula is C33H38FN9O3. The average molecular weight is 628 g/mol. The van der Waals surface area contributed by atoms with Crippen LogP contribution in [0.3, 0.4) is 0 Å². The van der Waals surface area contributed by atoms with Crippen molar-refractivity contribution < 1.29 is 18.7 Å². The zero-order chi connectivity index (χ0) is 31.9. The van der Waals surface area contributed by atoms with Crippen LogP contribution < -0.4 is 21.3 Å². The van der Waals surface area contributed by atoms with Gasteiger partial charge in [0.2, 0.25) is 17.6 Å². The number of hydrogen-bond donors (Lipinski definition) is 4. The first-order chi connectivity index (χ1) is 22.5. The second-order valence-electron chi connectivity index (χ2n) is 11.8. The zero-order valence-electron chi connectivity index (χ0n) is 25.5. The van der Waals surface area contributed by atoms with Crippen molar-refractivity contribution in [1.29, 1.82) is 0 Å². The molecule has 240 valence electrons. The molecule has 2 fully saturated rings. The lowest BCUT2D eigenvalue weighted by Crippen LogP contribution is -2.48. The van der Waals surface area contributed by atoms with Crippen molar-refractivity contribution in [2.75, 3.05) is 43.1 Å². The number of pyridine rings is 1. The van der Waals surface area contributed by atoms with Gasteiger partial charge in [0.1, 0.15) is 6.04 Å². The highest BCUT2D eigenvalue weighted by molar-refractivity contribution is 5.97. The molecule has 2 aliphatic rings. The van der Waals surface area contributed by atoms with Crippen molar-refractivity contribution in [2.24, 2.45) is 17.6 Å². The molecule has 0 unspecified atom stereocenters. The number of carbonyl (C=O) groups is 2. The SMILES string of the molecule is NCC1CCC(C(=O)N[C@@H](Cc2ccc(-c3ccnc(N4CCOCC4)c3F)cc2)C(=O)Nc2ccc(-c3nn[nH]n3)cc2)CC1. The van der Waals surface area contributed by atoms with E-state index in [9.17, 15) is 9.59 Å². The molecule has 0 bridgehead atoms. The Kier molecular flexibility index (Phi) is 9.89. The monoisotopic (exact) mass is 627 g/mol. The van der Waals surface area contributed by atoms with Crippen LogP contribution in [0.1, 0.15) is 31.2 Å². The Morgan fingerprint density at radius 1 is 1.00 bits per heavy atom.